The summed E-state index contributed by atoms with van der Waals surface area (Å²) in [5.74, 6) is 0.0372. The lowest BCUT2D eigenvalue weighted by atomic mass is 10.0. The standard InChI is InChI=1S/C16H26N2O2S/c1-15(2)14(16(15,3)4)18-21(19,20)11-13-8-6-12(7-9-13)10-17-5/h6-9,14,17-18H,10-11H2,1-5H3. The fraction of sp³-hybridized carbons (Fsp3) is 0.625. The number of hydrogen-bond acceptors (Lipinski definition) is 3. The molecule has 0 radical (unpaired) electrons. The van der Waals surface area contributed by atoms with Gasteiger partial charge < -0.3 is 5.32 Å². The Morgan fingerprint density at radius 1 is 1.00 bits per heavy atom. The van der Waals surface area contributed by atoms with Gasteiger partial charge in [-0.25, -0.2) is 13.1 Å². The molecule has 1 aliphatic rings. The zero-order valence-electron chi connectivity index (χ0n) is 13.5. The van der Waals surface area contributed by atoms with Crippen LogP contribution in [0.15, 0.2) is 24.3 Å². The van der Waals surface area contributed by atoms with E-state index in [1.165, 1.54) is 0 Å². The maximum absolute atomic E-state index is 12.3. The maximum atomic E-state index is 12.3. The van der Waals surface area contributed by atoms with Crippen molar-refractivity contribution in [3.05, 3.63) is 35.4 Å². The Hall–Kier alpha value is -0.910. The summed E-state index contributed by atoms with van der Waals surface area (Å²) in [6.07, 6.45) is 0. The highest BCUT2D eigenvalue weighted by molar-refractivity contribution is 7.88. The average Bonchev–Trinajstić information content (AvgIpc) is 2.74. The molecule has 21 heavy (non-hydrogen) atoms. The van der Waals surface area contributed by atoms with Crippen molar-refractivity contribution in [3.8, 4) is 0 Å². The van der Waals surface area contributed by atoms with Gasteiger partial charge in [0.1, 0.15) is 0 Å². The largest absolute Gasteiger partial charge is 0.316 e. The SMILES string of the molecule is CNCc1ccc(CS(=O)(=O)NC2C(C)(C)C2(C)C)cc1. The molecular weight excluding hydrogens is 284 g/mol. The third kappa shape index (κ3) is 3.30. The van der Waals surface area contributed by atoms with Crippen molar-refractivity contribution in [3.63, 3.8) is 0 Å². The average molecular weight is 310 g/mol. The second-order valence-electron chi connectivity index (χ2n) is 7.10. The molecular formula is C16H26N2O2S. The summed E-state index contributed by atoms with van der Waals surface area (Å²) in [6, 6.07) is 7.71. The number of sulfonamides is 1. The van der Waals surface area contributed by atoms with Gasteiger partial charge in [-0.1, -0.05) is 52.0 Å². The topological polar surface area (TPSA) is 58.2 Å². The van der Waals surface area contributed by atoms with E-state index in [9.17, 15) is 8.42 Å². The summed E-state index contributed by atoms with van der Waals surface area (Å²) in [6.45, 7) is 9.20. The molecule has 4 nitrogen and oxygen atoms in total. The summed E-state index contributed by atoms with van der Waals surface area (Å²) in [4.78, 5) is 0. The van der Waals surface area contributed by atoms with Crippen LogP contribution in [0, 0.1) is 10.8 Å². The van der Waals surface area contributed by atoms with Crippen molar-refractivity contribution in [1.82, 2.24) is 10.0 Å². The van der Waals surface area contributed by atoms with Crippen molar-refractivity contribution < 1.29 is 8.42 Å². The van der Waals surface area contributed by atoms with Gasteiger partial charge in [0.05, 0.1) is 5.75 Å². The third-order valence-corrected chi connectivity index (χ3v) is 6.39. The molecule has 0 bridgehead atoms. The highest BCUT2D eigenvalue weighted by Crippen LogP contribution is 2.62. The Balaban J connectivity index is 2.02. The molecule has 0 saturated heterocycles. The molecule has 1 saturated carbocycles. The van der Waals surface area contributed by atoms with E-state index in [1.807, 2.05) is 31.3 Å². The zero-order chi connectivity index (χ0) is 15.9. The molecule has 1 aromatic carbocycles. The van der Waals surface area contributed by atoms with Crippen LogP contribution in [0.3, 0.4) is 0 Å². The Bertz CT molecular complexity index is 590. The molecule has 0 heterocycles. The van der Waals surface area contributed by atoms with Crippen LogP contribution in [-0.4, -0.2) is 21.5 Å². The van der Waals surface area contributed by atoms with Crippen LogP contribution in [0.2, 0.25) is 0 Å². The van der Waals surface area contributed by atoms with E-state index >= 15 is 0 Å². The first-order chi connectivity index (χ1) is 9.60. The van der Waals surface area contributed by atoms with Crippen molar-refractivity contribution >= 4 is 10.0 Å². The molecule has 5 heteroatoms. The first kappa shape index (κ1) is 16.5. The second kappa shape index (κ2) is 5.38. The van der Waals surface area contributed by atoms with Gasteiger partial charge in [-0.2, -0.15) is 0 Å². The zero-order valence-corrected chi connectivity index (χ0v) is 14.3. The highest BCUT2D eigenvalue weighted by Gasteiger charge is 2.65. The van der Waals surface area contributed by atoms with Gasteiger partial charge in [-0.15, -0.1) is 0 Å². The van der Waals surface area contributed by atoms with Gasteiger partial charge in [-0.3, -0.25) is 0 Å². The molecule has 2 N–H and O–H groups in total. The summed E-state index contributed by atoms with van der Waals surface area (Å²) >= 11 is 0. The van der Waals surface area contributed by atoms with E-state index in [4.69, 9.17) is 0 Å². The predicted molar refractivity (Wildman–Crippen MR) is 86.3 cm³/mol. The van der Waals surface area contributed by atoms with Gasteiger partial charge in [0, 0.05) is 12.6 Å². The molecule has 0 aromatic heterocycles. The van der Waals surface area contributed by atoms with Gasteiger partial charge in [0.2, 0.25) is 10.0 Å². The van der Waals surface area contributed by atoms with Crippen LogP contribution < -0.4 is 10.0 Å². The highest BCUT2D eigenvalue weighted by atomic mass is 32.2. The van der Waals surface area contributed by atoms with E-state index in [1.54, 1.807) is 0 Å². The molecule has 1 fully saturated rings. The normalized spacial score (nSPS) is 20.4. The Morgan fingerprint density at radius 2 is 1.48 bits per heavy atom. The van der Waals surface area contributed by atoms with E-state index < -0.39 is 10.0 Å². The monoisotopic (exact) mass is 310 g/mol. The van der Waals surface area contributed by atoms with Gasteiger partial charge in [0.25, 0.3) is 0 Å². The summed E-state index contributed by atoms with van der Waals surface area (Å²) in [5.41, 5.74) is 1.99. The lowest BCUT2D eigenvalue weighted by molar-refractivity contribution is 0.457. The fourth-order valence-electron chi connectivity index (χ4n) is 2.89. The fourth-order valence-corrected chi connectivity index (χ4v) is 4.55. The number of hydrogen-bond donors (Lipinski definition) is 2. The summed E-state index contributed by atoms with van der Waals surface area (Å²) < 4.78 is 27.5. The molecule has 0 aliphatic heterocycles. The molecule has 0 amide bonds. The number of rotatable bonds is 6. The Kier molecular flexibility index (Phi) is 4.21. The lowest BCUT2D eigenvalue weighted by Crippen LogP contribution is -2.31. The van der Waals surface area contributed by atoms with Crippen LogP contribution in [0.1, 0.15) is 38.8 Å². The Morgan fingerprint density at radius 3 is 1.90 bits per heavy atom. The molecule has 0 atom stereocenters. The van der Waals surface area contributed by atoms with Crippen LogP contribution in [0.4, 0.5) is 0 Å². The summed E-state index contributed by atoms with van der Waals surface area (Å²) in [7, 11) is -1.41. The van der Waals surface area contributed by atoms with E-state index in [0.29, 0.717) is 0 Å². The van der Waals surface area contributed by atoms with Crippen molar-refractivity contribution in [2.24, 2.45) is 10.8 Å². The van der Waals surface area contributed by atoms with Crippen molar-refractivity contribution in [2.45, 2.75) is 46.0 Å². The first-order valence-electron chi connectivity index (χ1n) is 7.32. The number of nitrogens with one attached hydrogen (secondary N) is 2. The van der Waals surface area contributed by atoms with E-state index in [-0.39, 0.29) is 22.6 Å². The van der Waals surface area contributed by atoms with Crippen LogP contribution in [0.25, 0.3) is 0 Å². The van der Waals surface area contributed by atoms with Crippen LogP contribution >= 0.6 is 0 Å². The number of benzene rings is 1. The minimum Gasteiger partial charge on any atom is -0.316 e. The quantitative estimate of drug-likeness (QED) is 0.847. The van der Waals surface area contributed by atoms with Gasteiger partial charge in [-0.05, 0) is 29.0 Å². The molecule has 2 rings (SSSR count). The minimum absolute atomic E-state index is 0.0106. The third-order valence-electron chi connectivity index (χ3n) is 5.08. The Labute approximate surface area is 128 Å². The smallest absolute Gasteiger partial charge is 0.216 e. The first-order valence-corrected chi connectivity index (χ1v) is 8.98. The molecule has 0 unspecified atom stereocenters. The molecule has 118 valence electrons. The summed E-state index contributed by atoms with van der Waals surface area (Å²) in [5, 5.41) is 3.07. The van der Waals surface area contributed by atoms with Crippen molar-refractivity contribution in [1.29, 1.82) is 0 Å². The minimum atomic E-state index is -3.30. The van der Waals surface area contributed by atoms with E-state index in [0.717, 1.165) is 17.7 Å². The second-order valence-corrected chi connectivity index (χ2v) is 8.85. The molecule has 1 aliphatic carbocycles. The van der Waals surface area contributed by atoms with Gasteiger partial charge in [0.15, 0.2) is 0 Å². The molecule has 1 aromatic rings. The maximum Gasteiger partial charge on any atom is 0.216 e. The van der Waals surface area contributed by atoms with E-state index in [2.05, 4.69) is 37.7 Å². The van der Waals surface area contributed by atoms with Crippen LogP contribution in [-0.2, 0) is 22.3 Å². The predicted octanol–water partition coefficient (Wildman–Crippen LogP) is 2.26. The van der Waals surface area contributed by atoms with Gasteiger partial charge >= 0.3 is 0 Å². The lowest BCUT2D eigenvalue weighted by Gasteiger charge is -2.09. The van der Waals surface area contributed by atoms with Crippen molar-refractivity contribution in [2.75, 3.05) is 7.05 Å². The molecule has 0 spiro atoms. The van der Waals surface area contributed by atoms with Crippen LogP contribution in [0.5, 0.6) is 0 Å².